The van der Waals surface area contributed by atoms with Gasteiger partial charge in [-0.15, -0.1) is 0 Å². The van der Waals surface area contributed by atoms with Gasteiger partial charge in [0.05, 0.1) is 5.92 Å². The molecule has 2 heterocycles. The van der Waals surface area contributed by atoms with Crippen molar-refractivity contribution in [2.24, 2.45) is 11.8 Å². The van der Waals surface area contributed by atoms with E-state index in [0.29, 0.717) is 17.2 Å². The molecule has 1 fully saturated rings. The Kier molecular flexibility index (Phi) is 4.28. The molecule has 3 amide bonds. The van der Waals surface area contributed by atoms with Gasteiger partial charge in [-0.05, 0) is 12.1 Å². The van der Waals surface area contributed by atoms with E-state index in [9.17, 15) is 14.4 Å². The highest BCUT2D eigenvalue weighted by Gasteiger charge is 2.35. The SMILES string of the molecule is CC(C)C(=O)NNC(=O)[C@H]1CC(=O)N(c2ccc3c(c2)OCO3)C1. The third kappa shape index (κ3) is 3.12. The summed E-state index contributed by atoms with van der Waals surface area (Å²) < 4.78 is 10.6. The second kappa shape index (κ2) is 6.38. The molecule has 0 aromatic heterocycles. The van der Waals surface area contributed by atoms with E-state index in [-0.39, 0.29) is 43.4 Å². The van der Waals surface area contributed by atoms with Crippen LogP contribution in [0.1, 0.15) is 20.3 Å². The number of benzene rings is 1. The number of hydrogen-bond acceptors (Lipinski definition) is 5. The lowest BCUT2D eigenvalue weighted by Crippen LogP contribution is -2.46. The summed E-state index contributed by atoms with van der Waals surface area (Å²) in [7, 11) is 0. The van der Waals surface area contributed by atoms with Crippen molar-refractivity contribution in [1.29, 1.82) is 0 Å². The van der Waals surface area contributed by atoms with E-state index in [1.807, 2.05) is 0 Å². The van der Waals surface area contributed by atoms with Crippen LogP contribution < -0.4 is 25.2 Å². The highest BCUT2D eigenvalue weighted by Crippen LogP contribution is 2.37. The van der Waals surface area contributed by atoms with Gasteiger partial charge in [0.2, 0.25) is 24.5 Å². The maximum Gasteiger partial charge on any atom is 0.243 e. The molecule has 2 aliphatic heterocycles. The lowest BCUT2D eigenvalue weighted by atomic mass is 10.1. The molecule has 1 aromatic carbocycles. The van der Waals surface area contributed by atoms with Gasteiger partial charge in [0.1, 0.15) is 0 Å². The quantitative estimate of drug-likeness (QED) is 0.788. The number of carbonyl (C=O) groups excluding carboxylic acids is 3. The maximum atomic E-state index is 12.2. The molecule has 0 bridgehead atoms. The van der Waals surface area contributed by atoms with Crippen molar-refractivity contribution in [1.82, 2.24) is 10.9 Å². The predicted octanol–water partition coefficient (Wildman–Crippen LogP) is 0.572. The van der Waals surface area contributed by atoms with Crippen LogP contribution in [0.4, 0.5) is 5.69 Å². The van der Waals surface area contributed by atoms with E-state index in [1.54, 1.807) is 32.0 Å². The number of hydrogen-bond donors (Lipinski definition) is 2. The van der Waals surface area contributed by atoms with E-state index in [0.717, 1.165) is 0 Å². The summed E-state index contributed by atoms with van der Waals surface area (Å²) in [5.41, 5.74) is 5.39. The summed E-state index contributed by atoms with van der Waals surface area (Å²) in [5, 5.41) is 0. The van der Waals surface area contributed by atoms with Crippen molar-refractivity contribution in [3.63, 3.8) is 0 Å². The zero-order valence-electron chi connectivity index (χ0n) is 13.5. The van der Waals surface area contributed by atoms with Crippen molar-refractivity contribution in [3.05, 3.63) is 18.2 Å². The first-order valence-electron chi connectivity index (χ1n) is 7.75. The van der Waals surface area contributed by atoms with Crippen LogP contribution in [0.3, 0.4) is 0 Å². The highest BCUT2D eigenvalue weighted by atomic mass is 16.7. The van der Waals surface area contributed by atoms with E-state index >= 15 is 0 Å². The first-order valence-corrected chi connectivity index (χ1v) is 7.75. The van der Waals surface area contributed by atoms with Gasteiger partial charge < -0.3 is 14.4 Å². The minimum absolute atomic E-state index is 0.0951. The first-order chi connectivity index (χ1) is 11.5. The molecular formula is C16H19N3O5. The van der Waals surface area contributed by atoms with Crippen LogP contribution in [0.5, 0.6) is 11.5 Å². The molecule has 0 aliphatic carbocycles. The van der Waals surface area contributed by atoms with Gasteiger partial charge in [-0.25, -0.2) is 0 Å². The predicted molar refractivity (Wildman–Crippen MR) is 84.1 cm³/mol. The molecule has 0 saturated carbocycles. The molecule has 8 nitrogen and oxygen atoms in total. The molecule has 1 aromatic rings. The monoisotopic (exact) mass is 333 g/mol. The number of ether oxygens (including phenoxy) is 2. The van der Waals surface area contributed by atoms with E-state index < -0.39 is 5.92 Å². The largest absolute Gasteiger partial charge is 0.454 e. The molecule has 8 heteroatoms. The fourth-order valence-corrected chi connectivity index (χ4v) is 2.56. The van der Waals surface area contributed by atoms with Gasteiger partial charge in [0.15, 0.2) is 11.5 Å². The smallest absolute Gasteiger partial charge is 0.243 e. The third-order valence-electron chi connectivity index (χ3n) is 4.00. The second-order valence-corrected chi connectivity index (χ2v) is 6.08. The van der Waals surface area contributed by atoms with Crippen LogP contribution in [0.2, 0.25) is 0 Å². The van der Waals surface area contributed by atoms with E-state index in [4.69, 9.17) is 9.47 Å². The molecule has 1 atom stereocenters. The average molecular weight is 333 g/mol. The summed E-state index contributed by atoms with van der Waals surface area (Å²) in [5.74, 6) is -0.338. The number of rotatable bonds is 3. The van der Waals surface area contributed by atoms with Crippen LogP contribution in [0.25, 0.3) is 0 Å². The Morgan fingerprint density at radius 1 is 1.21 bits per heavy atom. The van der Waals surface area contributed by atoms with Gasteiger partial charge in [-0.3, -0.25) is 25.2 Å². The Bertz CT molecular complexity index is 688. The van der Waals surface area contributed by atoms with Crippen molar-refractivity contribution in [3.8, 4) is 11.5 Å². The minimum atomic E-state index is -0.518. The van der Waals surface area contributed by atoms with Crippen LogP contribution in [0, 0.1) is 11.8 Å². The number of nitrogens with zero attached hydrogens (tertiary/aromatic N) is 1. The standard InChI is InChI=1S/C16H19N3O5/c1-9(2)15(21)17-18-16(22)10-5-14(20)19(7-10)11-3-4-12-13(6-11)24-8-23-12/h3-4,6,9-10H,5,7-8H2,1-2H3,(H,17,21)(H,18,22)/t10-/m0/s1. The van der Waals surface area contributed by atoms with Crippen molar-refractivity contribution < 1.29 is 23.9 Å². The average Bonchev–Trinajstić information content (AvgIpc) is 3.17. The van der Waals surface area contributed by atoms with Gasteiger partial charge >= 0.3 is 0 Å². The molecule has 128 valence electrons. The van der Waals surface area contributed by atoms with Crippen LogP contribution in [-0.2, 0) is 14.4 Å². The number of nitrogens with one attached hydrogen (secondary N) is 2. The molecule has 3 rings (SSSR count). The van der Waals surface area contributed by atoms with Crippen LogP contribution >= 0.6 is 0 Å². The highest BCUT2D eigenvalue weighted by molar-refractivity contribution is 6.00. The summed E-state index contributed by atoms with van der Waals surface area (Å²) >= 11 is 0. The molecule has 0 spiro atoms. The summed E-state index contributed by atoms with van der Waals surface area (Å²) in [6.07, 6.45) is 0.0951. The maximum absolute atomic E-state index is 12.2. The van der Waals surface area contributed by atoms with Gasteiger partial charge in [0.25, 0.3) is 0 Å². The second-order valence-electron chi connectivity index (χ2n) is 6.08. The van der Waals surface area contributed by atoms with Crippen molar-refractivity contribution in [2.45, 2.75) is 20.3 Å². The molecule has 24 heavy (non-hydrogen) atoms. The third-order valence-corrected chi connectivity index (χ3v) is 4.00. The Balaban J connectivity index is 1.63. The number of hydrazine groups is 1. The first kappa shape index (κ1) is 16.1. The van der Waals surface area contributed by atoms with Crippen molar-refractivity contribution >= 4 is 23.4 Å². The fourth-order valence-electron chi connectivity index (χ4n) is 2.56. The minimum Gasteiger partial charge on any atom is -0.454 e. The summed E-state index contributed by atoms with van der Waals surface area (Å²) in [6, 6.07) is 5.22. The zero-order chi connectivity index (χ0) is 17.3. The summed E-state index contributed by atoms with van der Waals surface area (Å²) in [4.78, 5) is 37.4. The molecule has 2 aliphatic rings. The lowest BCUT2D eigenvalue weighted by Gasteiger charge is -2.17. The zero-order valence-corrected chi connectivity index (χ0v) is 13.5. The van der Waals surface area contributed by atoms with E-state index in [1.165, 1.54) is 4.90 Å². The Hall–Kier alpha value is -2.77. The number of carbonyl (C=O) groups is 3. The number of amides is 3. The molecular weight excluding hydrogens is 314 g/mol. The molecule has 1 saturated heterocycles. The van der Waals surface area contributed by atoms with Gasteiger partial charge in [0, 0.05) is 30.6 Å². The van der Waals surface area contributed by atoms with Crippen LogP contribution in [0.15, 0.2) is 18.2 Å². The van der Waals surface area contributed by atoms with Gasteiger partial charge in [-0.2, -0.15) is 0 Å². The van der Waals surface area contributed by atoms with Crippen LogP contribution in [-0.4, -0.2) is 31.1 Å². The summed E-state index contributed by atoms with van der Waals surface area (Å²) in [6.45, 7) is 3.86. The van der Waals surface area contributed by atoms with Gasteiger partial charge in [-0.1, -0.05) is 13.8 Å². The fraction of sp³-hybridized carbons (Fsp3) is 0.438. The molecule has 0 unspecified atom stereocenters. The molecule has 0 radical (unpaired) electrons. The lowest BCUT2D eigenvalue weighted by molar-refractivity contribution is -0.132. The number of anilines is 1. The van der Waals surface area contributed by atoms with Crippen molar-refractivity contribution in [2.75, 3.05) is 18.2 Å². The Morgan fingerprint density at radius 3 is 2.71 bits per heavy atom. The van der Waals surface area contributed by atoms with E-state index in [2.05, 4.69) is 10.9 Å². The Morgan fingerprint density at radius 2 is 1.96 bits per heavy atom. The number of fused-ring (bicyclic) bond motifs is 1. The Labute approximate surface area is 139 Å². The topological polar surface area (TPSA) is 97.0 Å². The normalized spacial score (nSPS) is 18.9. The molecule has 2 N–H and O–H groups in total.